The van der Waals surface area contributed by atoms with E-state index in [2.05, 4.69) is 119 Å². The Balaban J connectivity index is 1.08. The van der Waals surface area contributed by atoms with E-state index in [0.717, 1.165) is 112 Å². The summed E-state index contributed by atoms with van der Waals surface area (Å²) in [5.74, 6) is 6.06. The maximum atomic E-state index is 6.34. The fraction of sp³-hybridized carbons (Fsp3) is 0. The van der Waals surface area contributed by atoms with E-state index in [1.165, 1.54) is 0 Å². The maximum absolute atomic E-state index is 6.34. The van der Waals surface area contributed by atoms with E-state index in [4.69, 9.17) is 18.9 Å². The van der Waals surface area contributed by atoms with Gasteiger partial charge in [-0.05, 0) is 156 Å². The van der Waals surface area contributed by atoms with Crippen molar-refractivity contribution < 1.29 is 18.9 Å². The molecule has 0 saturated carbocycles. The van der Waals surface area contributed by atoms with Crippen molar-refractivity contribution in [1.82, 2.24) is 0 Å². The highest BCUT2D eigenvalue weighted by molar-refractivity contribution is 6.29. The molecule has 6 heteroatoms. The number of nitrogens with zero attached hydrogens (tertiary/aromatic N) is 2. The van der Waals surface area contributed by atoms with E-state index in [-0.39, 0.29) is 0 Å². The molecule has 72 heavy (non-hydrogen) atoms. The second-order valence-electron chi connectivity index (χ2n) is 17.3. The molecule has 0 aliphatic rings. The van der Waals surface area contributed by atoms with E-state index >= 15 is 0 Å². The summed E-state index contributed by atoms with van der Waals surface area (Å²) in [5.41, 5.74) is 5.89. The van der Waals surface area contributed by atoms with Crippen LogP contribution in [-0.4, -0.2) is 0 Å². The lowest BCUT2D eigenvalue weighted by atomic mass is 9.92. The fourth-order valence-corrected chi connectivity index (χ4v) is 9.34. The summed E-state index contributed by atoms with van der Waals surface area (Å²) in [4.78, 5) is 4.73. The number of anilines is 6. The molecule has 0 unspecified atom stereocenters. The predicted octanol–water partition coefficient (Wildman–Crippen LogP) is 19.3. The number of hydrogen-bond acceptors (Lipinski definition) is 6. The van der Waals surface area contributed by atoms with Crippen molar-refractivity contribution in [2.24, 2.45) is 0 Å². The molecule has 0 heterocycles. The molecule has 0 aliphatic heterocycles. The number of para-hydroxylation sites is 4. The van der Waals surface area contributed by atoms with Crippen LogP contribution in [0.5, 0.6) is 46.0 Å². The van der Waals surface area contributed by atoms with E-state index in [9.17, 15) is 0 Å². The summed E-state index contributed by atoms with van der Waals surface area (Å²) in [6.07, 6.45) is 0. The van der Waals surface area contributed by atoms with Gasteiger partial charge in [-0.3, -0.25) is 0 Å². The quantitative estimate of drug-likeness (QED) is 0.0615. The highest BCUT2D eigenvalue weighted by atomic mass is 16.5. The first kappa shape index (κ1) is 43.5. The highest BCUT2D eigenvalue weighted by Gasteiger charge is 2.27. The van der Waals surface area contributed by atoms with Crippen molar-refractivity contribution in [1.29, 1.82) is 0 Å². The van der Waals surface area contributed by atoms with Gasteiger partial charge in [0.2, 0.25) is 0 Å². The molecule has 0 bridgehead atoms. The van der Waals surface area contributed by atoms with Crippen LogP contribution in [0.1, 0.15) is 0 Å². The lowest BCUT2D eigenvalue weighted by Gasteiger charge is -2.33. The van der Waals surface area contributed by atoms with Gasteiger partial charge >= 0.3 is 0 Å². The molecular formula is C66H46N2O4. The van der Waals surface area contributed by atoms with Crippen molar-refractivity contribution in [2.45, 2.75) is 0 Å². The minimum Gasteiger partial charge on any atom is -0.457 e. The molecule has 12 aromatic carbocycles. The fourth-order valence-electron chi connectivity index (χ4n) is 9.34. The molecular weight excluding hydrogens is 885 g/mol. The Morgan fingerprint density at radius 2 is 0.472 bits per heavy atom. The molecule has 0 spiro atoms. The Bertz CT molecular complexity index is 3590. The minimum atomic E-state index is 0.739. The van der Waals surface area contributed by atoms with Gasteiger partial charge in [0, 0.05) is 44.3 Å². The zero-order valence-electron chi connectivity index (χ0n) is 39.1. The first-order chi connectivity index (χ1) is 35.7. The molecule has 344 valence electrons. The standard InChI is InChI=1S/C66H46N2O4/c1-5-18-52(19-6-1)69-56-38-30-48(31-39-56)67(49-32-40-57(41-33-49)70-53-20-7-2-8-21-53)65-61-27-15-16-28-62(61)66(64-60-26-14-13-17-47(60)29-46-63(64)65)68(50-34-42-58(43-35-50)71-54-22-9-3-10-23-54)51-36-44-59(45-37-51)72-55-24-11-4-12-25-55/h1-46H. The highest BCUT2D eigenvalue weighted by Crippen LogP contribution is 2.53. The molecule has 12 rings (SSSR count). The zero-order chi connectivity index (χ0) is 48.1. The smallest absolute Gasteiger partial charge is 0.127 e. The summed E-state index contributed by atoms with van der Waals surface area (Å²) in [6.45, 7) is 0. The summed E-state index contributed by atoms with van der Waals surface area (Å²) in [5, 5.41) is 6.52. The molecule has 0 radical (unpaired) electrons. The van der Waals surface area contributed by atoms with Gasteiger partial charge in [-0.2, -0.15) is 0 Å². The first-order valence-corrected chi connectivity index (χ1v) is 24.0. The molecule has 12 aromatic rings. The average Bonchev–Trinajstić information content (AvgIpc) is 3.44. The molecule has 0 fully saturated rings. The van der Waals surface area contributed by atoms with Gasteiger partial charge in [-0.25, -0.2) is 0 Å². The van der Waals surface area contributed by atoms with Gasteiger partial charge in [0.1, 0.15) is 46.0 Å². The van der Waals surface area contributed by atoms with Gasteiger partial charge in [-0.15, -0.1) is 0 Å². The molecule has 0 atom stereocenters. The van der Waals surface area contributed by atoms with Crippen LogP contribution >= 0.6 is 0 Å². The van der Waals surface area contributed by atoms with Crippen LogP contribution in [-0.2, 0) is 0 Å². The van der Waals surface area contributed by atoms with Gasteiger partial charge in [0.25, 0.3) is 0 Å². The zero-order valence-corrected chi connectivity index (χ0v) is 39.1. The molecule has 0 N–H and O–H groups in total. The van der Waals surface area contributed by atoms with E-state index in [0.29, 0.717) is 0 Å². The Hall–Kier alpha value is -9.78. The normalized spacial score (nSPS) is 11.1. The minimum absolute atomic E-state index is 0.739. The summed E-state index contributed by atoms with van der Waals surface area (Å²) >= 11 is 0. The number of ether oxygens (including phenoxy) is 4. The average molecular weight is 931 g/mol. The van der Waals surface area contributed by atoms with Gasteiger partial charge in [0.05, 0.1) is 11.4 Å². The monoisotopic (exact) mass is 930 g/mol. The Labute approximate surface area is 418 Å². The van der Waals surface area contributed by atoms with Crippen molar-refractivity contribution >= 4 is 66.4 Å². The van der Waals surface area contributed by atoms with Crippen LogP contribution in [0.3, 0.4) is 0 Å². The predicted molar refractivity (Wildman–Crippen MR) is 294 cm³/mol. The number of benzene rings is 12. The van der Waals surface area contributed by atoms with Crippen LogP contribution in [0.4, 0.5) is 34.1 Å². The Morgan fingerprint density at radius 1 is 0.194 bits per heavy atom. The van der Waals surface area contributed by atoms with Crippen LogP contribution in [0.15, 0.2) is 279 Å². The first-order valence-electron chi connectivity index (χ1n) is 24.0. The van der Waals surface area contributed by atoms with Crippen molar-refractivity contribution in [3.8, 4) is 46.0 Å². The number of hydrogen-bond donors (Lipinski definition) is 0. The van der Waals surface area contributed by atoms with Crippen LogP contribution in [0.2, 0.25) is 0 Å². The summed E-state index contributed by atoms with van der Waals surface area (Å²) < 4.78 is 25.3. The molecule has 0 amide bonds. The summed E-state index contributed by atoms with van der Waals surface area (Å²) in [7, 11) is 0. The van der Waals surface area contributed by atoms with Crippen LogP contribution in [0.25, 0.3) is 32.3 Å². The molecule has 0 aliphatic carbocycles. The van der Waals surface area contributed by atoms with Crippen molar-refractivity contribution in [3.05, 3.63) is 279 Å². The summed E-state index contributed by atoms with van der Waals surface area (Å²) in [6, 6.07) is 94.8. The lowest BCUT2D eigenvalue weighted by Crippen LogP contribution is -2.15. The second-order valence-corrected chi connectivity index (χ2v) is 17.3. The van der Waals surface area contributed by atoms with Gasteiger partial charge in [-0.1, -0.05) is 133 Å². The number of fused-ring (bicyclic) bond motifs is 4. The van der Waals surface area contributed by atoms with E-state index in [1.807, 2.05) is 170 Å². The molecule has 0 aromatic heterocycles. The third-order valence-electron chi connectivity index (χ3n) is 12.6. The third kappa shape index (κ3) is 9.00. The van der Waals surface area contributed by atoms with Crippen LogP contribution < -0.4 is 28.7 Å². The third-order valence-corrected chi connectivity index (χ3v) is 12.6. The Morgan fingerprint density at radius 3 is 0.833 bits per heavy atom. The van der Waals surface area contributed by atoms with Crippen LogP contribution in [0, 0.1) is 0 Å². The van der Waals surface area contributed by atoms with E-state index in [1.54, 1.807) is 0 Å². The molecule has 6 nitrogen and oxygen atoms in total. The van der Waals surface area contributed by atoms with Gasteiger partial charge in [0.15, 0.2) is 0 Å². The van der Waals surface area contributed by atoms with Crippen molar-refractivity contribution in [3.63, 3.8) is 0 Å². The Kier molecular flexibility index (Phi) is 11.9. The SMILES string of the molecule is c1ccc(Oc2ccc(N(c3ccc(Oc4ccccc4)cc3)c3c4ccccc4c(N(c4ccc(Oc5ccccc5)cc4)c4ccc(Oc5ccccc5)cc4)c4c3ccc3ccccc34)cc2)cc1. The lowest BCUT2D eigenvalue weighted by molar-refractivity contribution is 0.482. The van der Waals surface area contributed by atoms with Gasteiger partial charge < -0.3 is 28.7 Å². The maximum Gasteiger partial charge on any atom is 0.127 e. The second kappa shape index (κ2) is 19.7. The number of rotatable bonds is 14. The topological polar surface area (TPSA) is 43.4 Å². The largest absolute Gasteiger partial charge is 0.457 e. The molecule has 0 saturated heterocycles. The van der Waals surface area contributed by atoms with Crippen molar-refractivity contribution in [2.75, 3.05) is 9.80 Å². The van der Waals surface area contributed by atoms with E-state index < -0.39 is 0 Å².